The van der Waals surface area contributed by atoms with Crippen molar-refractivity contribution in [1.29, 1.82) is 0 Å². The van der Waals surface area contributed by atoms with Gasteiger partial charge in [-0.1, -0.05) is 50.2 Å². The average Bonchev–Trinajstić information content (AvgIpc) is 2.75. The molecule has 0 amide bonds. The molecule has 0 fully saturated rings. The van der Waals surface area contributed by atoms with E-state index < -0.39 is 0 Å². The Kier molecular flexibility index (Phi) is 2.98. The first kappa shape index (κ1) is 12.2. The molecule has 0 bridgehead atoms. The number of fused-ring (bicyclic) bond motifs is 3. The highest BCUT2D eigenvalue weighted by molar-refractivity contribution is 5.98. The van der Waals surface area contributed by atoms with Gasteiger partial charge in [0.2, 0.25) is 0 Å². The molecule has 0 N–H and O–H groups in total. The molecular formula is C18H18O. The lowest BCUT2D eigenvalue weighted by Crippen LogP contribution is -2.03. The lowest BCUT2D eigenvalue weighted by atomic mass is 9.97. The number of carbonyl (C=O) groups excluding carboxylic acids is 1. The van der Waals surface area contributed by atoms with Gasteiger partial charge in [-0.05, 0) is 40.7 Å². The molecule has 1 aliphatic rings. The Morgan fingerprint density at radius 1 is 1.05 bits per heavy atom. The molecule has 1 aliphatic carbocycles. The van der Waals surface area contributed by atoms with Crippen LogP contribution in [0.2, 0.25) is 0 Å². The Balaban J connectivity index is 2.00. The molecule has 0 unspecified atom stereocenters. The van der Waals surface area contributed by atoms with Gasteiger partial charge in [-0.15, -0.1) is 0 Å². The summed E-state index contributed by atoms with van der Waals surface area (Å²) in [7, 11) is 0. The van der Waals surface area contributed by atoms with E-state index in [1.165, 1.54) is 22.3 Å². The normalized spacial score (nSPS) is 12.4. The zero-order chi connectivity index (χ0) is 13.4. The SMILES string of the molecule is CC(C)CC(=O)c1ccc2c(c1)-c1ccccc1C2. The predicted octanol–water partition coefficient (Wildman–Crippen LogP) is 4.49. The fourth-order valence-electron chi connectivity index (χ4n) is 2.79. The van der Waals surface area contributed by atoms with Crippen LogP contribution < -0.4 is 0 Å². The molecule has 2 aromatic carbocycles. The first-order valence-corrected chi connectivity index (χ1v) is 6.89. The van der Waals surface area contributed by atoms with Gasteiger partial charge in [0.1, 0.15) is 0 Å². The number of benzene rings is 2. The minimum absolute atomic E-state index is 0.252. The van der Waals surface area contributed by atoms with Gasteiger partial charge in [-0.25, -0.2) is 0 Å². The quantitative estimate of drug-likeness (QED) is 0.626. The molecule has 0 radical (unpaired) electrons. The second-order valence-electron chi connectivity index (χ2n) is 5.73. The van der Waals surface area contributed by atoms with Crippen LogP contribution in [0.5, 0.6) is 0 Å². The number of hydrogen-bond acceptors (Lipinski definition) is 1. The van der Waals surface area contributed by atoms with Gasteiger partial charge in [0.05, 0.1) is 0 Å². The molecule has 1 heteroatoms. The summed E-state index contributed by atoms with van der Waals surface area (Å²) in [6.45, 7) is 4.17. The van der Waals surface area contributed by atoms with Crippen molar-refractivity contribution in [3.8, 4) is 11.1 Å². The molecule has 1 nitrogen and oxygen atoms in total. The Morgan fingerprint density at radius 2 is 1.79 bits per heavy atom. The van der Waals surface area contributed by atoms with Crippen molar-refractivity contribution in [2.45, 2.75) is 26.7 Å². The van der Waals surface area contributed by atoms with Crippen molar-refractivity contribution >= 4 is 5.78 Å². The van der Waals surface area contributed by atoms with Gasteiger partial charge in [0.15, 0.2) is 5.78 Å². The van der Waals surface area contributed by atoms with Gasteiger partial charge < -0.3 is 0 Å². The third kappa shape index (κ3) is 2.21. The Morgan fingerprint density at radius 3 is 2.58 bits per heavy atom. The van der Waals surface area contributed by atoms with E-state index in [0.29, 0.717) is 12.3 Å². The maximum atomic E-state index is 12.2. The smallest absolute Gasteiger partial charge is 0.163 e. The molecule has 96 valence electrons. The van der Waals surface area contributed by atoms with Crippen LogP contribution in [0.3, 0.4) is 0 Å². The van der Waals surface area contributed by atoms with Gasteiger partial charge in [0, 0.05) is 12.0 Å². The van der Waals surface area contributed by atoms with Crippen LogP contribution >= 0.6 is 0 Å². The zero-order valence-electron chi connectivity index (χ0n) is 11.4. The molecule has 19 heavy (non-hydrogen) atoms. The first-order chi connectivity index (χ1) is 9.15. The van der Waals surface area contributed by atoms with E-state index in [4.69, 9.17) is 0 Å². The summed E-state index contributed by atoms with van der Waals surface area (Å²) in [5.41, 5.74) is 6.08. The summed E-state index contributed by atoms with van der Waals surface area (Å²) in [6.07, 6.45) is 1.62. The number of rotatable bonds is 3. The standard InChI is InChI=1S/C18H18O/c1-12(2)9-18(19)15-8-7-14-10-13-5-3-4-6-16(13)17(14)11-15/h3-8,11-12H,9-10H2,1-2H3. The fraction of sp³-hybridized carbons (Fsp3) is 0.278. The van der Waals surface area contributed by atoms with Crippen molar-refractivity contribution in [2.75, 3.05) is 0 Å². The molecule has 0 heterocycles. The third-order valence-corrected chi connectivity index (χ3v) is 3.71. The van der Waals surface area contributed by atoms with Gasteiger partial charge in [0.25, 0.3) is 0 Å². The van der Waals surface area contributed by atoms with Crippen LogP contribution in [0, 0.1) is 5.92 Å². The van der Waals surface area contributed by atoms with Crippen LogP contribution in [0.25, 0.3) is 11.1 Å². The minimum atomic E-state index is 0.252. The lowest BCUT2D eigenvalue weighted by molar-refractivity contribution is 0.0968. The second-order valence-corrected chi connectivity index (χ2v) is 5.73. The van der Waals surface area contributed by atoms with E-state index in [0.717, 1.165) is 12.0 Å². The highest BCUT2D eigenvalue weighted by Crippen LogP contribution is 2.37. The summed E-state index contributed by atoms with van der Waals surface area (Å²) < 4.78 is 0. The molecule has 0 atom stereocenters. The third-order valence-electron chi connectivity index (χ3n) is 3.71. The minimum Gasteiger partial charge on any atom is -0.294 e. The van der Waals surface area contributed by atoms with E-state index >= 15 is 0 Å². The summed E-state index contributed by atoms with van der Waals surface area (Å²) in [4.78, 5) is 12.2. The number of hydrogen-bond donors (Lipinski definition) is 0. The first-order valence-electron chi connectivity index (χ1n) is 6.89. The topological polar surface area (TPSA) is 17.1 Å². The molecule has 3 rings (SSSR count). The maximum absolute atomic E-state index is 12.2. The summed E-state index contributed by atoms with van der Waals surface area (Å²) in [6, 6.07) is 14.6. The fourth-order valence-corrected chi connectivity index (χ4v) is 2.79. The van der Waals surface area contributed by atoms with Gasteiger partial charge in [-0.3, -0.25) is 4.79 Å². The van der Waals surface area contributed by atoms with E-state index in [9.17, 15) is 4.79 Å². The van der Waals surface area contributed by atoms with Crippen LogP contribution in [-0.2, 0) is 6.42 Å². The van der Waals surface area contributed by atoms with E-state index in [1.807, 2.05) is 6.07 Å². The summed E-state index contributed by atoms with van der Waals surface area (Å²) in [5, 5.41) is 0. The molecule has 0 spiro atoms. The van der Waals surface area contributed by atoms with Crippen LogP contribution in [0.15, 0.2) is 42.5 Å². The summed E-state index contributed by atoms with van der Waals surface area (Å²) >= 11 is 0. The molecular weight excluding hydrogens is 232 g/mol. The maximum Gasteiger partial charge on any atom is 0.163 e. The van der Waals surface area contributed by atoms with Crippen molar-refractivity contribution in [3.63, 3.8) is 0 Å². The Labute approximate surface area is 114 Å². The number of Topliss-reactive ketones (excluding diaryl/α,β-unsaturated/α-hetero) is 1. The predicted molar refractivity (Wildman–Crippen MR) is 78.5 cm³/mol. The molecule has 2 aromatic rings. The van der Waals surface area contributed by atoms with Crippen molar-refractivity contribution in [1.82, 2.24) is 0 Å². The van der Waals surface area contributed by atoms with Crippen molar-refractivity contribution < 1.29 is 4.79 Å². The highest BCUT2D eigenvalue weighted by atomic mass is 16.1. The van der Waals surface area contributed by atoms with E-state index in [2.05, 4.69) is 50.2 Å². The van der Waals surface area contributed by atoms with E-state index in [-0.39, 0.29) is 5.78 Å². The monoisotopic (exact) mass is 250 g/mol. The largest absolute Gasteiger partial charge is 0.294 e. The lowest BCUT2D eigenvalue weighted by Gasteiger charge is -2.07. The van der Waals surface area contributed by atoms with Crippen molar-refractivity contribution in [3.05, 3.63) is 59.2 Å². The van der Waals surface area contributed by atoms with Crippen LogP contribution in [-0.4, -0.2) is 5.78 Å². The molecule has 0 saturated heterocycles. The number of carbonyl (C=O) groups is 1. The van der Waals surface area contributed by atoms with Gasteiger partial charge >= 0.3 is 0 Å². The second kappa shape index (κ2) is 4.65. The van der Waals surface area contributed by atoms with Crippen LogP contribution in [0.1, 0.15) is 41.8 Å². The molecule has 0 aliphatic heterocycles. The summed E-state index contributed by atoms with van der Waals surface area (Å²) in [5.74, 6) is 0.662. The molecule has 0 aromatic heterocycles. The average molecular weight is 250 g/mol. The van der Waals surface area contributed by atoms with E-state index in [1.54, 1.807) is 0 Å². The Hall–Kier alpha value is -1.89. The highest BCUT2D eigenvalue weighted by Gasteiger charge is 2.19. The van der Waals surface area contributed by atoms with Gasteiger partial charge in [-0.2, -0.15) is 0 Å². The Bertz CT molecular complexity index is 638. The van der Waals surface area contributed by atoms with Crippen LogP contribution in [0.4, 0.5) is 0 Å². The van der Waals surface area contributed by atoms with Crippen molar-refractivity contribution in [2.24, 2.45) is 5.92 Å². The number of ketones is 1. The molecule has 0 saturated carbocycles. The zero-order valence-corrected chi connectivity index (χ0v) is 11.4.